The highest BCUT2D eigenvalue weighted by Crippen LogP contribution is 2.31. The van der Waals surface area contributed by atoms with Crippen molar-refractivity contribution in [1.82, 2.24) is 4.90 Å². The molecule has 1 aliphatic rings. The van der Waals surface area contributed by atoms with Crippen molar-refractivity contribution in [3.63, 3.8) is 0 Å². The lowest BCUT2D eigenvalue weighted by atomic mass is 9.99. The maximum atomic E-state index is 9.73. The maximum Gasteiger partial charge on any atom is 0.0552 e. The molecule has 3 nitrogen and oxygen atoms in total. The highest BCUT2D eigenvalue weighted by Gasteiger charge is 2.33. The molecule has 0 radical (unpaired) electrons. The Kier molecular flexibility index (Phi) is 4.85. The lowest BCUT2D eigenvalue weighted by Gasteiger charge is -2.31. The van der Waals surface area contributed by atoms with Gasteiger partial charge in [-0.2, -0.15) is 0 Å². The molecule has 4 heteroatoms. The van der Waals surface area contributed by atoms with E-state index in [-0.39, 0.29) is 18.2 Å². The molecule has 4 atom stereocenters. The second-order valence-corrected chi connectivity index (χ2v) is 6.08. The number of hydrogen-bond donors (Lipinski definition) is 2. The van der Waals surface area contributed by atoms with Gasteiger partial charge in [-0.3, -0.25) is 4.90 Å². The van der Waals surface area contributed by atoms with Gasteiger partial charge in [-0.1, -0.05) is 23.7 Å². The van der Waals surface area contributed by atoms with Gasteiger partial charge in [0.2, 0.25) is 0 Å². The highest BCUT2D eigenvalue weighted by atomic mass is 35.5. The largest absolute Gasteiger partial charge is 0.393 e. The lowest BCUT2D eigenvalue weighted by Crippen LogP contribution is -2.38. The van der Waals surface area contributed by atoms with Gasteiger partial charge in [0.05, 0.1) is 6.10 Å². The smallest absolute Gasteiger partial charge is 0.0552 e. The van der Waals surface area contributed by atoms with Crippen LogP contribution in [0.2, 0.25) is 5.02 Å². The van der Waals surface area contributed by atoms with Crippen LogP contribution in [0.1, 0.15) is 31.9 Å². The number of likely N-dealkylation sites (tertiary alicyclic amines) is 1. The van der Waals surface area contributed by atoms with E-state index >= 15 is 0 Å². The molecule has 19 heavy (non-hydrogen) atoms. The molecule has 2 rings (SSSR count). The van der Waals surface area contributed by atoms with Gasteiger partial charge in [-0.15, -0.1) is 0 Å². The lowest BCUT2D eigenvalue weighted by molar-refractivity contribution is 0.119. The van der Waals surface area contributed by atoms with E-state index in [1.165, 1.54) is 0 Å². The van der Waals surface area contributed by atoms with Crippen molar-refractivity contribution >= 4 is 11.6 Å². The van der Waals surface area contributed by atoms with Crippen LogP contribution in [0, 0.1) is 5.92 Å². The van der Waals surface area contributed by atoms with E-state index in [0.29, 0.717) is 5.92 Å². The molecule has 0 aromatic heterocycles. The second kappa shape index (κ2) is 6.23. The van der Waals surface area contributed by atoms with E-state index in [4.69, 9.17) is 17.3 Å². The molecular formula is C15H23ClN2O. The standard InChI is InChI=1S/C15H23ClN2O/c1-10(17)15(12-4-3-5-14(16)8-12)18-7-6-13(9-18)11(2)19/h3-5,8,10-11,13,15,19H,6-7,9,17H2,1-2H3. The predicted molar refractivity (Wildman–Crippen MR) is 79.2 cm³/mol. The molecule has 0 amide bonds. The zero-order valence-electron chi connectivity index (χ0n) is 11.6. The van der Waals surface area contributed by atoms with E-state index in [2.05, 4.69) is 11.0 Å². The van der Waals surface area contributed by atoms with Gasteiger partial charge < -0.3 is 10.8 Å². The number of nitrogens with two attached hydrogens (primary N) is 1. The van der Waals surface area contributed by atoms with Crippen LogP contribution in [0.5, 0.6) is 0 Å². The normalized spacial score (nSPS) is 25.2. The molecule has 1 heterocycles. The van der Waals surface area contributed by atoms with Crippen LogP contribution in [0.3, 0.4) is 0 Å². The molecule has 0 aliphatic carbocycles. The number of nitrogens with zero attached hydrogens (tertiary/aromatic N) is 1. The van der Waals surface area contributed by atoms with Crippen molar-refractivity contribution in [1.29, 1.82) is 0 Å². The van der Waals surface area contributed by atoms with Crippen molar-refractivity contribution in [3.05, 3.63) is 34.9 Å². The summed E-state index contributed by atoms with van der Waals surface area (Å²) in [4.78, 5) is 2.37. The molecule has 0 spiro atoms. The first kappa shape index (κ1) is 14.8. The summed E-state index contributed by atoms with van der Waals surface area (Å²) in [6.45, 7) is 5.78. The Balaban J connectivity index is 2.18. The molecule has 1 aliphatic heterocycles. The minimum atomic E-state index is -0.252. The van der Waals surface area contributed by atoms with Crippen LogP contribution in [-0.4, -0.2) is 35.2 Å². The topological polar surface area (TPSA) is 49.5 Å². The van der Waals surface area contributed by atoms with Gasteiger partial charge in [0, 0.05) is 23.7 Å². The number of aliphatic hydroxyl groups is 1. The van der Waals surface area contributed by atoms with Crippen LogP contribution >= 0.6 is 11.6 Å². The number of benzene rings is 1. The van der Waals surface area contributed by atoms with Crippen LogP contribution in [0.4, 0.5) is 0 Å². The first-order valence-corrected chi connectivity index (χ1v) is 7.30. The van der Waals surface area contributed by atoms with E-state index < -0.39 is 0 Å². The summed E-state index contributed by atoms with van der Waals surface area (Å²) in [6.07, 6.45) is 0.777. The number of aliphatic hydroxyl groups excluding tert-OH is 1. The number of halogens is 1. The van der Waals surface area contributed by atoms with Crippen LogP contribution in [0.25, 0.3) is 0 Å². The average Bonchev–Trinajstić information content (AvgIpc) is 2.78. The first-order chi connectivity index (χ1) is 8.99. The highest BCUT2D eigenvalue weighted by molar-refractivity contribution is 6.30. The first-order valence-electron chi connectivity index (χ1n) is 6.92. The van der Waals surface area contributed by atoms with Gasteiger partial charge in [0.1, 0.15) is 0 Å². The molecule has 1 fully saturated rings. The van der Waals surface area contributed by atoms with Crippen molar-refractivity contribution in [2.75, 3.05) is 13.1 Å². The van der Waals surface area contributed by atoms with Gasteiger partial charge in [0.25, 0.3) is 0 Å². The summed E-state index contributed by atoms with van der Waals surface area (Å²) in [5.41, 5.74) is 7.33. The fourth-order valence-electron chi connectivity index (χ4n) is 3.00. The summed E-state index contributed by atoms with van der Waals surface area (Å²) in [5.74, 6) is 0.348. The fourth-order valence-corrected chi connectivity index (χ4v) is 3.20. The molecule has 0 bridgehead atoms. The minimum Gasteiger partial charge on any atom is -0.393 e. The van der Waals surface area contributed by atoms with Gasteiger partial charge in [0.15, 0.2) is 0 Å². The SMILES string of the molecule is CC(N)C(c1cccc(Cl)c1)N1CCC(C(C)O)C1. The van der Waals surface area contributed by atoms with E-state index in [0.717, 1.165) is 30.1 Å². The average molecular weight is 283 g/mol. The summed E-state index contributed by atoms with van der Waals surface area (Å²) in [7, 11) is 0. The van der Waals surface area contributed by atoms with E-state index in [9.17, 15) is 5.11 Å². The van der Waals surface area contributed by atoms with Gasteiger partial charge in [-0.25, -0.2) is 0 Å². The Morgan fingerprint density at radius 1 is 1.42 bits per heavy atom. The zero-order chi connectivity index (χ0) is 14.0. The summed E-state index contributed by atoms with van der Waals surface area (Å²) >= 11 is 6.08. The molecule has 4 unspecified atom stereocenters. The minimum absolute atomic E-state index is 0.0335. The molecule has 1 saturated heterocycles. The molecular weight excluding hydrogens is 260 g/mol. The third kappa shape index (κ3) is 3.48. The van der Waals surface area contributed by atoms with Crippen LogP contribution < -0.4 is 5.73 Å². The number of hydrogen-bond acceptors (Lipinski definition) is 3. The Morgan fingerprint density at radius 3 is 2.68 bits per heavy atom. The van der Waals surface area contributed by atoms with Crippen molar-refractivity contribution in [2.24, 2.45) is 11.7 Å². The Morgan fingerprint density at radius 2 is 2.16 bits per heavy atom. The molecule has 0 saturated carbocycles. The second-order valence-electron chi connectivity index (χ2n) is 5.64. The zero-order valence-corrected chi connectivity index (χ0v) is 12.3. The van der Waals surface area contributed by atoms with E-state index in [1.54, 1.807) is 0 Å². The van der Waals surface area contributed by atoms with Crippen LogP contribution in [-0.2, 0) is 0 Å². The van der Waals surface area contributed by atoms with Gasteiger partial charge in [-0.05, 0) is 50.4 Å². The predicted octanol–water partition coefficient (Wildman–Crippen LogP) is 2.43. The fraction of sp³-hybridized carbons (Fsp3) is 0.600. The Bertz CT molecular complexity index is 422. The van der Waals surface area contributed by atoms with Gasteiger partial charge >= 0.3 is 0 Å². The molecule has 3 N–H and O–H groups in total. The summed E-state index contributed by atoms with van der Waals surface area (Å²) in [5, 5.41) is 10.5. The van der Waals surface area contributed by atoms with Crippen molar-refractivity contribution in [2.45, 2.75) is 38.5 Å². The van der Waals surface area contributed by atoms with Crippen LogP contribution in [0.15, 0.2) is 24.3 Å². The Hall–Kier alpha value is -0.610. The van der Waals surface area contributed by atoms with E-state index in [1.807, 2.05) is 32.0 Å². The molecule has 106 valence electrons. The molecule has 1 aromatic rings. The van der Waals surface area contributed by atoms with Crippen molar-refractivity contribution < 1.29 is 5.11 Å². The molecule has 1 aromatic carbocycles. The number of rotatable bonds is 4. The van der Waals surface area contributed by atoms with Crippen molar-refractivity contribution in [3.8, 4) is 0 Å². The summed E-state index contributed by atoms with van der Waals surface area (Å²) in [6, 6.07) is 8.12. The third-order valence-electron chi connectivity index (χ3n) is 4.02. The monoisotopic (exact) mass is 282 g/mol. The third-order valence-corrected chi connectivity index (χ3v) is 4.26. The quantitative estimate of drug-likeness (QED) is 0.892. The maximum absolute atomic E-state index is 9.73. The summed E-state index contributed by atoms with van der Waals surface area (Å²) < 4.78 is 0. The Labute approximate surface area is 120 Å².